The Bertz CT molecular complexity index is 1060. The summed E-state index contributed by atoms with van der Waals surface area (Å²) in [6.07, 6.45) is 1.80. The van der Waals surface area contributed by atoms with Gasteiger partial charge in [0, 0.05) is 18.7 Å². The van der Waals surface area contributed by atoms with Gasteiger partial charge >= 0.3 is 0 Å². The molecule has 154 valence electrons. The Morgan fingerprint density at radius 3 is 2.77 bits per heavy atom. The Morgan fingerprint density at radius 2 is 2.10 bits per heavy atom. The molecule has 1 amide bonds. The van der Waals surface area contributed by atoms with Gasteiger partial charge in [0.25, 0.3) is 5.91 Å². The molecule has 30 heavy (non-hydrogen) atoms. The highest BCUT2D eigenvalue weighted by Crippen LogP contribution is 2.38. The smallest absolute Gasteiger partial charge is 0.266 e. The van der Waals surface area contributed by atoms with Crippen molar-refractivity contribution in [1.82, 2.24) is 4.90 Å². The quantitative estimate of drug-likeness (QED) is 0.462. The van der Waals surface area contributed by atoms with E-state index in [9.17, 15) is 10.1 Å². The fraction of sp³-hybridized carbons (Fsp3) is 0.227. The number of thioether (sulfide) groups is 1. The van der Waals surface area contributed by atoms with Crippen LogP contribution in [0.2, 0.25) is 5.02 Å². The topological polar surface area (TPSA) is 65.7 Å². The molecule has 0 radical (unpaired) electrons. The Labute approximate surface area is 193 Å². The summed E-state index contributed by atoms with van der Waals surface area (Å²) in [5.74, 6) is 0.427. The zero-order valence-corrected chi connectivity index (χ0v) is 19.6. The summed E-state index contributed by atoms with van der Waals surface area (Å²) in [7, 11) is 0. The average molecular weight is 505 g/mol. The second-order valence-corrected chi connectivity index (χ2v) is 8.56. The van der Waals surface area contributed by atoms with Crippen molar-refractivity contribution in [2.45, 2.75) is 20.5 Å². The Balaban J connectivity index is 1.83. The first kappa shape index (κ1) is 22.4. The third-order valence-electron chi connectivity index (χ3n) is 4.33. The number of halogens is 2. The molecule has 0 aromatic heterocycles. The molecule has 1 aliphatic rings. The van der Waals surface area contributed by atoms with Crippen LogP contribution in [0.1, 0.15) is 30.5 Å². The van der Waals surface area contributed by atoms with Gasteiger partial charge in [0.2, 0.25) is 0 Å². The number of aliphatic imine (C=N–C) groups is 1. The maximum Gasteiger partial charge on any atom is 0.266 e. The summed E-state index contributed by atoms with van der Waals surface area (Å²) in [6, 6.07) is 13.0. The number of carbonyl (C=O) groups is 1. The molecule has 1 saturated heterocycles. The molecule has 2 aromatic rings. The molecule has 0 bridgehead atoms. The molecule has 1 aliphatic heterocycles. The minimum atomic E-state index is -0.0598. The number of nitriles is 1. The van der Waals surface area contributed by atoms with Crippen molar-refractivity contribution in [3.8, 4) is 11.8 Å². The number of ether oxygens (including phenoxy) is 1. The van der Waals surface area contributed by atoms with Crippen LogP contribution in [0.25, 0.3) is 6.08 Å². The molecular formula is C22H19BrClN3O2S. The third-order valence-corrected chi connectivity index (χ3v) is 6.24. The van der Waals surface area contributed by atoms with E-state index in [2.05, 4.69) is 27.0 Å². The Morgan fingerprint density at radius 1 is 1.33 bits per heavy atom. The van der Waals surface area contributed by atoms with Crippen LogP contribution in [0.4, 0.5) is 0 Å². The normalized spacial score (nSPS) is 16.4. The van der Waals surface area contributed by atoms with Gasteiger partial charge in [-0.05, 0) is 71.4 Å². The molecule has 1 fully saturated rings. The highest BCUT2D eigenvalue weighted by molar-refractivity contribution is 9.10. The summed E-state index contributed by atoms with van der Waals surface area (Å²) >= 11 is 11.3. The van der Waals surface area contributed by atoms with E-state index in [0.717, 1.165) is 16.3 Å². The lowest BCUT2D eigenvalue weighted by atomic mass is 10.1. The predicted octanol–water partition coefficient (Wildman–Crippen LogP) is 5.87. The van der Waals surface area contributed by atoms with Gasteiger partial charge in [-0.2, -0.15) is 5.26 Å². The van der Waals surface area contributed by atoms with E-state index in [1.807, 2.05) is 38.1 Å². The van der Waals surface area contributed by atoms with E-state index in [1.165, 1.54) is 11.8 Å². The average Bonchev–Trinajstić information content (AvgIpc) is 3.02. The summed E-state index contributed by atoms with van der Waals surface area (Å²) in [5, 5.41) is 10.4. The minimum Gasteiger partial charge on any atom is -0.486 e. The first-order chi connectivity index (χ1) is 14.5. The fourth-order valence-electron chi connectivity index (χ4n) is 2.90. The monoisotopic (exact) mass is 503 g/mol. The number of amides is 1. The molecule has 1 heterocycles. The van der Waals surface area contributed by atoms with Gasteiger partial charge in [-0.3, -0.25) is 14.7 Å². The van der Waals surface area contributed by atoms with Crippen molar-refractivity contribution in [2.75, 3.05) is 13.1 Å². The molecular weight excluding hydrogens is 486 g/mol. The van der Waals surface area contributed by atoms with E-state index in [1.54, 1.807) is 23.1 Å². The van der Waals surface area contributed by atoms with Crippen molar-refractivity contribution in [3.63, 3.8) is 0 Å². The summed E-state index contributed by atoms with van der Waals surface area (Å²) < 4.78 is 6.54. The van der Waals surface area contributed by atoms with Crippen LogP contribution in [-0.4, -0.2) is 29.1 Å². The van der Waals surface area contributed by atoms with Crippen molar-refractivity contribution >= 4 is 56.4 Å². The maximum atomic E-state index is 12.6. The van der Waals surface area contributed by atoms with Crippen molar-refractivity contribution in [1.29, 1.82) is 5.26 Å². The van der Waals surface area contributed by atoms with Crippen LogP contribution in [0.15, 0.2) is 50.8 Å². The van der Waals surface area contributed by atoms with Crippen molar-refractivity contribution in [3.05, 3.63) is 67.5 Å². The molecule has 8 heteroatoms. The number of nitrogens with zero attached hydrogens (tertiary/aromatic N) is 3. The molecule has 5 nitrogen and oxygen atoms in total. The largest absolute Gasteiger partial charge is 0.486 e. The minimum absolute atomic E-state index is 0.0598. The van der Waals surface area contributed by atoms with Crippen LogP contribution >= 0.6 is 39.3 Å². The maximum absolute atomic E-state index is 12.6. The van der Waals surface area contributed by atoms with Crippen LogP contribution in [0.5, 0.6) is 5.75 Å². The van der Waals surface area contributed by atoms with Crippen LogP contribution < -0.4 is 4.74 Å². The SMILES string of the molecule is CCN=C1S/C(=C\c2cc(Cl)c(OCc3ccccc3C#N)c(Br)c2)C(=O)N1CC. The van der Waals surface area contributed by atoms with E-state index in [-0.39, 0.29) is 12.5 Å². The summed E-state index contributed by atoms with van der Waals surface area (Å²) in [5.41, 5.74) is 2.12. The predicted molar refractivity (Wildman–Crippen MR) is 126 cm³/mol. The highest BCUT2D eigenvalue weighted by Gasteiger charge is 2.31. The van der Waals surface area contributed by atoms with E-state index in [4.69, 9.17) is 16.3 Å². The molecule has 2 aromatic carbocycles. The van der Waals surface area contributed by atoms with Crippen molar-refractivity contribution < 1.29 is 9.53 Å². The molecule has 3 rings (SSSR count). The van der Waals surface area contributed by atoms with Crippen LogP contribution in [0.3, 0.4) is 0 Å². The van der Waals surface area contributed by atoms with Gasteiger partial charge < -0.3 is 4.74 Å². The second kappa shape index (κ2) is 10.2. The number of likely N-dealkylation sites (N-methyl/N-ethyl adjacent to an activating group) is 1. The molecule has 0 atom stereocenters. The lowest BCUT2D eigenvalue weighted by molar-refractivity contribution is -0.122. The third kappa shape index (κ3) is 4.89. The molecule has 0 aliphatic carbocycles. The number of carbonyl (C=O) groups excluding carboxylic acids is 1. The molecule has 0 spiro atoms. The van der Waals surface area contributed by atoms with Gasteiger partial charge in [0.15, 0.2) is 10.9 Å². The van der Waals surface area contributed by atoms with Gasteiger partial charge in [-0.15, -0.1) is 0 Å². The first-order valence-corrected chi connectivity index (χ1v) is 11.3. The van der Waals surface area contributed by atoms with Crippen molar-refractivity contribution in [2.24, 2.45) is 4.99 Å². The standard InChI is InChI=1S/C22H19BrClN3O2S/c1-3-26-22-27(4-2)21(28)19(30-22)11-14-9-17(23)20(18(24)10-14)29-13-16-8-6-5-7-15(16)12-25/h5-11H,3-4,13H2,1-2H3/b19-11-,26-22?. The highest BCUT2D eigenvalue weighted by atomic mass is 79.9. The van der Waals surface area contributed by atoms with Crippen LogP contribution in [0, 0.1) is 11.3 Å². The zero-order valence-electron chi connectivity index (χ0n) is 16.5. The zero-order chi connectivity index (χ0) is 21.7. The van der Waals surface area contributed by atoms with E-state index < -0.39 is 0 Å². The summed E-state index contributed by atoms with van der Waals surface area (Å²) in [6.45, 7) is 5.29. The van der Waals surface area contributed by atoms with Gasteiger partial charge in [-0.1, -0.05) is 29.8 Å². The number of amidine groups is 1. The van der Waals surface area contributed by atoms with Gasteiger partial charge in [0.1, 0.15) is 6.61 Å². The number of hydrogen-bond acceptors (Lipinski definition) is 5. The first-order valence-electron chi connectivity index (χ1n) is 9.34. The number of benzene rings is 2. The van der Waals surface area contributed by atoms with Gasteiger partial charge in [0.05, 0.1) is 26.0 Å². The summed E-state index contributed by atoms with van der Waals surface area (Å²) in [4.78, 5) is 19.3. The molecule has 0 saturated carbocycles. The lowest BCUT2D eigenvalue weighted by Gasteiger charge is -2.12. The van der Waals surface area contributed by atoms with E-state index in [0.29, 0.717) is 38.8 Å². The Kier molecular flexibility index (Phi) is 7.59. The van der Waals surface area contributed by atoms with Gasteiger partial charge in [-0.25, -0.2) is 0 Å². The van der Waals surface area contributed by atoms with Crippen LogP contribution in [-0.2, 0) is 11.4 Å². The fourth-order valence-corrected chi connectivity index (χ4v) is 4.99. The second-order valence-electron chi connectivity index (χ2n) is 6.29. The number of hydrogen-bond donors (Lipinski definition) is 0. The molecule has 0 N–H and O–H groups in total. The number of rotatable bonds is 6. The lowest BCUT2D eigenvalue weighted by Crippen LogP contribution is -2.28. The Hall–Kier alpha value is -2.27. The van der Waals surface area contributed by atoms with E-state index >= 15 is 0 Å². The molecule has 0 unspecified atom stereocenters.